The number of pyridine rings is 1. The van der Waals surface area contributed by atoms with Crippen molar-refractivity contribution in [1.82, 2.24) is 4.98 Å². The zero-order chi connectivity index (χ0) is 11.1. The molecule has 0 aliphatic rings. The highest BCUT2D eigenvalue weighted by molar-refractivity contribution is 7.91. The van der Waals surface area contributed by atoms with E-state index in [9.17, 15) is 8.42 Å². The summed E-state index contributed by atoms with van der Waals surface area (Å²) in [5.41, 5.74) is 0.516. The average Bonchev–Trinajstić information content (AvgIpc) is 2.16. The maximum Gasteiger partial charge on any atom is 0.176 e. The summed E-state index contributed by atoms with van der Waals surface area (Å²) >= 11 is 5.92. The Morgan fingerprint density at radius 2 is 2.00 bits per heavy atom. The molecule has 0 saturated carbocycles. The standard InChI is InChI=1S/C10H8ClNO2S/c1-15(13,14)9-5-6-12-10-7(9)3-2-4-8(10)11/h2-6H,1H3. The molecule has 78 valence electrons. The van der Waals surface area contributed by atoms with Crippen LogP contribution in [0.5, 0.6) is 0 Å². The molecule has 0 saturated heterocycles. The molecule has 0 aliphatic heterocycles. The quantitative estimate of drug-likeness (QED) is 0.770. The number of nitrogens with zero attached hydrogens (tertiary/aromatic N) is 1. The van der Waals surface area contributed by atoms with Gasteiger partial charge in [0.1, 0.15) is 0 Å². The Labute approximate surface area is 92.6 Å². The first-order chi connectivity index (χ1) is 7.00. The lowest BCUT2D eigenvalue weighted by atomic mass is 10.2. The van der Waals surface area contributed by atoms with Crippen LogP contribution in [0, 0.1) is 0 Å². The number of sulfone groups is 1. The minimum Gasteiger partial charge on any atom is -0.255 e. The van der Waals surface area contributed by atoms with Crippen LogP contribution in [0.4, 0.5) is 0 Å². The molecular formula is C10H8ClNO2S. The van der Waals surface area contributed by atoms with Crippen molar-refractivity contribution in [2.24, 2.45) is 0 Å². The third kappa shape index (κ3) is 1.82. The van der Waals surface area contributed by atoms with Crippen LogP contribution in [0.2, 0.25) is 5.02 Å². The van der Waals surface area contributed by atoms with Gasteiger partial charge < -0.3 is 0 Å². The molecule has 0 aliphatic carbocycles. The van der Waals surface area contributed by atoms with Crippen LogP contribution in [0.3, 0.4) is 0 Å². The van der Waals surface area contributed by atoms with Gasteiger partial charge in [-0.3, -0.25) is 4.98 Å². The maximum atomic E-state index is 11.5. The highest BCUT2D eigenvalue weighted by Gasteiger charge is 2.12. The van der Waals surface area contributed by atoms with E-state index < -0.39 is 9.84 Å². The highest BCUT2D eigenvalue weighted by Crippen LogP contribution is 2.26. The lowest BCUT2D eigenvalue weighted by Gasteiger charge is -2.04. The fourth-order valence-corrected chi connectivity index (χ4v) is 2.53. The van der Waals surface area contributed by atoms with Crippen LogP contribution in [-0.4, -0.2) is 19.7 Å². The molecule has 1 aromatic carbocycles. The van der Waals surface area contributed by atoms with Crippen LogP contribution in [0.15, 0.2) is 35.4 Å². The van der Waals surface area contributed by atoms with Crippen molar-refractivity contribution in [1.29, 1.82) is 0 Å². The first-order valence-electron chi connectivity index (χ1n) is 4.23. The monoisotopic (exact) mass is 241 g/mol. The van der Waals surface area contributed by atoms with E-state index in [0.29, 0.717) is 15.9 Å². The Balaban J connectivity index is 2.96. The van der Waals surface area contributed by atoms with E-state index in [1.165, 1.54) is 18.5 Å². The van der Waals surface area contributed by atoms with Crippen LogP contribution in [-0.2, 0) is 9.84 Å². The van der Waals surface area contributed by atoms with E-state index in [2.05, 4.69) is 4.98 Å². The van der Waals surface area contributed by atoms with Gasteiger partial charge in [0.2, 0.25) is 0 Å². The van der Waals surface area contributed by atoms with Gasteiger partial charge in [-0.15, -0.1) is 0 Å². The van der Waals surface area contributed by atoms with Crippen molar-refractivity contribution in [3.8, 4) is 0 Å². The van der Waals surface area contributed by atoms with Gasteiger partial charge in [0.05, 0.1) is 15.4 Å². The number of aromatic nitrogens is 1. The van der Waals surface area contributed by atoms with Crippen molar-refractivity contribution in [3.05, 3.63) is 35.5 Å². The molecule has 3 nitrogen and oxygen atoms in total. The predicted molar refractivity (Wildman–Crippen MR) is 59.9 cm³/mol. The van der Waals surface area contributed by atoms with Crippen molar-refractivity contribution < 1.29 is 8.42 Å². The van der Waals surface area contributed by atoms with Gasteiger partial charge in [0, 0.05) is 17.8 Å². The lowest BCUT2D eigenvalue weighted by molar-refractivity contribution is 0.602. The van der Waals surface area contributed by atoms with Gasteiger partial charge in [-0.2, -0.15) is 0 Å². The van der Waals surface area contributed by atoms with Crippen molar-refractivity contribution >= 4 is 32.3 Å². The molecule has 1 heterocycles. The molecule has 1 aromatic heterocycles. The van der Waals surface area contributed by atoms with Gasteiger partial charge in [0.15, 0.2) is 9.84 Å². The average molecular weight is 242 g/mol. The predicted octanol–water partition coefficient (Wildman–Crippen LogP) is 2.29. The van der Waals surface area contributed by atoms with Crippen LogP contribution in [0.25, 0.3) is 10.9 Å². The highest BCUT2D eigenvalue weighted by atomic mass is 35.5. The van der Waals surface area contributed by atoms with Gasteiger partial charge in [0.25, 0.3) is 0 Å². The molecule has 0 radical (unpaired) electrons. The summed E-state index contributed by atoms with van der Waals surface area (Å²) in [5.74, 6) is 0. The van der Waals surface area contributed by atoms with E-state index >= 15 is 0 Å². The molecule has 15 heavy (non-hydrogen) atoms. The minimum absolute atomic E-state index is 0.259. The van der Waals surface area contributed by atoms with Crippen LogP contribution < -0.4 is 0 Å². The van der Waals surface area contributed by atoms with E-state index in [1.54, 1.807) is 18.2 Å². The molecule has 0 fully saturated rings. The Morgan fingerprint density at radius 1 is 1.27 bits per heavy atom. The van der Waals surface area contributed by atoms with Crippen LogP contribution in [0.1, 0.15) is 0 Å². The molecule has 0 amide bonds. The van der Waals surface area contributed by atoms with E-state index in [1.807, 2.05) is 0 Å². The second-order valence-electron chi connectivity index (χ2n) is 3.22. The largest absolute Gasteiger partial charge is 0.255 e. The number of benzene rings is 1. The van der Waals surface area contributed by atoms with Crippen LogP contribution >= 0.6 is 11.6 Å². The first kappa shape index (κ1) is 10.4. The SMILES string of the molecule is CS(=O)(=O)c1ccnc2c(Cl)cccc12. The number of para-hydroxylation sites is 1. The second kappa shape index (κ2) is 3.47. The Hall–Kier alpha value is -1.13. The molecule has 2 aromatic rings. The summed E-state index contributed by atoms with van der Waals surface area (Å²) in [6.45, 7) is 0. The van der Waals surface area contributed by atoms with Gasteiger partial charge in [-0.1, -0.05) is 23.7 Å². The smallest absolute Gasteiger partial charge is 0.176 e. The fourth-order valence-electron chi connectivity index (χ4n) is 1.44. The van der Waals surface area contributed by atoms with E-state index in [-0.39, 0.29) is 4.90 Å². The number of hydrogen-bond donors (Lipinski definition) is 0. The van der Waals surface area contributed by atoms with Crippen molar-refractivity contribution in [2.45, 2.75) is 4.90 Å². The Bertz CT molecular complexity index is 622. The zero-order valence-electron chi connectivity index (χ0n) is 7.94. The summed E-state index contributed by atoms with van der Waals surface area (Å²) in [6, 6.07) is 6.57. The molecule has 5 heteroatoms. The lowest BCUT2D eigenvalue weighted by Crippen LogP contribution is -1.98. The number of halogens is 1. The Kier molecular flexibility index (Phi) is 2.40. The van der Waals surface area contributed by atoms with Gasteiger partial charge >= 0.3 is 0 Å². The van der Waals surface area contributed by atoms with E-state index in [0.717, 1.165) is 0 Å². The maximum absolute atomic E-state index is 11.5. The van der Waals surface area contributed by atoms with Crippen molar-refractivity contribution in [3.63, 3.8) is 0 Å². The molecule has 2 rings (SSSR count). The third-order valence-corrected chi connectivity index (χ3v) is 3.54. The fraction of sp³-hybridized carbons (Fsp3) is 0.100. The second-order valence-corrected chi connectivity index (χ2v) is 5.61. The molecular weight excluding hydrogens is 234 g/mol. The number of hydrogen-bond acceptors (Lipinski definition) is 3. The topological polar surface area (TPSA) is 47.0 Å². The number of rotatable bonds is 1. The summed E-state index contributed by atoms with van der Waals surface area (Å²) < 4.78 is 23.0. The normalized spacial score (nSPS) is 11.9. The Morgan fingerprint density at radius 3 is 2.67 bits per heavy atom. The summed E-state index contributed by atoms with van der Waals surface area (Å²) in [6.07, 6.45) is 2.62. The first-order valence-corrected chi connectivity index (χ1v) is 6.50. The minimum atomic E-state index is -3.24. The zero-order valence-corrected chi connectivity index (χ0v) is 9.51. The van der Waals surface area contributed by atoms with E-state index in [4.69, 9.17) is 11.6 Å². The molecule has 0 unspecified atom stereocenters. The van der Waals surface area contributed by atoms with Gasteiger partial charge in [-0.25, -0.2) is 8.42 Å². The molecule has 0 bridgehead atoms. The summed E-state index contributed by atoms with van der Waals surface area (Å²) in [4.78, 5) is 4.32. The molecule has 0 spiro atoms. The third-order valence-electron chi connectivity index (χ3n) is 2.08. The molecule has 0 N–H and O–H groups in total. The van der Waals surface area contributed by atoms with Gasteiger partial charge in [-0.05, 0) is 12.1 Å². The number of fused-ring (bicyclic) bond motifs is 1. The molecule has 0 atom stereocenters. The summed E-state index contributed by atoms with van der Waals surface area (Å²) in [7, 11) is -3.24. The van der Waals surface area contributed by atoms with Crippen molar-refractivity contribution in [2.75, 3.05) is 6.26 Å². The summed E-state index contributed by atoms with van der Waals surface area (Å²) in [5, 5.41) is 1.02.